The van der Waals surface area contributed by atoms with E-state index in [0.717, 1.165) is 27.5 Å². The van der Waals surface area contributed by atoms with Gasteiger partial charge in [0.1, 0.15) is 0 Å². The molecule has 0 spiro atoms. The van der Waals surface area contributed by atoms with Crippen LogP contribution in [-0.4, -0.2) is 15.0 Å². The van der Waals surface area contributed by atoms with E-state index in [1.807, 2.05) is 35.6 Å². The van der Waals surface area contributed by atoms with Gasteiger partial charge >= 0.3 is 0 Å². The molecule has 7 aromatic carbocycles. The summed E-state index contributed by atoms with van der Waals surface area (Å²) in [5.74, 6) is 1.99. The largest absolute Gasteiger partial charge is 0.208 e. The summed E-state index contributed by atoms with van der Waals surface area (Å²) >= 11 is 1.84. The van der Waals surface area contributed by atoms with Crippen molar-refractivity contribution in [2.45, 2.75) is 0 Å². The molecule has 0 bridgehead atoms. The van der Waals surface area contributed by atoms with Crippen LogP contribution in [0.1, 0.15) is 0 Å². The third kappa shape index (κ3) is 4.46. The first kappa shape index (κ1) is 25.8. The molecule has 3 nitrogen and oxygen atoms in total. The molecular formula is C41H25N3S. The molecule has 0 N–H and O–H groups in total. The number of fused-ring (bicyclic) bond motifs is 6. The van der Waals surface area contributed by atoms with Crippen LogP contribution in [0.25, 0.3) is 87.0 Å². The van der Waals surface area contributed by atoms with Crippen molar-refractivity contribution in [2.24, 2.45) is 0 Å². The second-order valence-electron chi connectivity index (χ2n) is 11.3. The Morgan fingerprint density at radius 2 is 0.956 bits per heavy atom. The van der Waals surface area contributed by atoms with Crippen molar-refractivity contribution >= 4 is 53.1 Å². The number of hydrogen-bond acceptors (Lipinski definition) is 4. The van der Waals surface area contributed by atoms with Gasteiger partial charge in [-0.15, -0.1) is 11.3 Å². The van der Waals surface area contributed by atoms with Crippen molar-refractivity contribution in [1.82, 2.24) is 15.0 Å². The fraction of sp³-hybridized carbons (Fsp3) is 0. The van der Waals surface area contributed by atoms with Crippen molar-refractivity contribution in [2.75, 3.05) is 0 Å². The normalized spacial score (nSPS) is 11.6. The Kier molecular flexibility index (Phi) is 6.00. The van der Waals surface area contributed by atoms with Gasteiger partial charge in [-0.2, -0.15) is 0 Å². The number of aromatic nitrogens is 3. The summed E-state index contributed by atoms with van der Waals surface area (Å²) < 4.78 is 2.59. The smallest absolute Gasteiger partial charge is 0.164 e. The maximum Gasteiger partial charge on any atom is 0.164 e. The summed E-state index contributed by atoms with van der Waals surface area (Å²) in [5.41, 5.74) is 5.30. The highest BCUT2D eigenvalue weighted by molar-refractivity contribution is 7.26. The van der Waals surface area contributed by atoms with E-state index in [-0.39, 0.29) is 0 Å². The zero-order valence-electron chi connectivity index (χ0n) is 24.2. The predicted molar refractivity (Wildman–Crippen MR) is 189 cm³/mol. The summed E-state index contributed by atoms with van der Waals surface area (Å²) in [6.45, 7) is 0. The summed E-state index contributed by atoms with van der Waals surface area (Å²) in [5, 5.41) is 7.26. The van der Waals surface area contributed by atoms with Crippen molar-refractivity contribution < 1.29 is 0 Å². The van der Waals surface area contributed by atoms with Crippen LogP contribution in [0.4, 0.5) is 0 Å². The van der Waals surface area contributed by atoms with Crippen molar-refractivity contribution in [3.63, 3.8) is 0 Å². The van der Waals surface area contributed by atoms with Gasteiger partial charge in [-0.05, 0) is 45.5 Å². The Balaban J connectivity index is 1.25. The van der Waals surface area contributed by atoms with E-state index in [2.05, 4.69) is 127 Å². The number of benzene rings is 7. The Hall–Kier alpha value is -5.71. The molecule has 0 saturated carbocycles. The molecule has 45 heavy (non-hydrogen) atoms. The Morgan fingerprint density at radius 1 is 0.356 bits per heavy atom. The van der Waals surface area contributed by atoms with Crippen LogP contribution in [0, 0.1) is 0 Å². The molecule has 4 heteroatoms. The zero-order chi connectivity index (χ0) is 29.7. The molecule has 0 aliphatic carbocycles. The molecule has 0 atom stereocenters. The van der Waals surface area contributed by atoms with Gasteiger partial charge in [-0.1, -0.05) is 133 Å². The minimum atomic E-state index is 0.658. The number of nitrogens with zero attached hydrogens (tertiary/aromatic N) is 3. The van der Waals surface area contributed by atoms with Crippen LogP contribution in [0.2, 0.25) is 0 Å². The number of thiophene rings is 1. The molecule has 2 heterocycles. The molecule has 0 aliphatic heterocycles. The monoisotopic (exact) mass is 591 g/mol. The van der Waals surface area contributed by atoms with Gasteiger partial charge in [-0.25, -0.2) is 15.0 Å². The molecule has 0 unspecified atom stereocenters. The highest BCUT2D eigenvalue weighted by atomic mass is 32.1. The lowest BCUT2D eigenvalue weighted by Crippen LogP contribution is -2.00. The van der Waals surface area contributed by atoms with Crippen LogP contribution in [0.3, 0.4) is 0 Å². The lowest BCUT2D eigenvalue weighted by Gasteiger charge is -2.11. The molecule has 0 radical (unpaired) electrons. The summed E-state index contributed by atoms with van der Waals surface area (Å²) in [6.07, 6.45) is 0. The van der Waals surface area contributed by atoms with Gasteiger partial charge in [0.2, 0.25) is 0 Å². The van der Waals surface area contributed by atoms with E-state index in [9.17, 15) is 0 Å². The molecule has 0 amide bonds. The van der Waals surface area contributed by atoms with E-state index in [0.29, 0.717) is 17.5 Å². The van der Waals surface area contributed by atoms with Crippen molar-refractivity contribution in [3.8, 4) is 45.3 Å². The van der Waals surface area contributed by atoms with E-state index in [4.69, 9.17) is 15.0 Å². The lowest BCUT2D eigenvalue weighted by molar-refractivity contribution is 1.08. The van der Waals surface area contributed by atoms with E-state index >= 15 is 0 Å². The third-order valence-electron chi connectivity index (χ3n) is 8.52. The molecule has 210 valence electrons. The summed E-state index contributed by atoms with van der Waals surface area (Å²) in [4.78, 5) is 15.2. The Labute approximate surface area is 264 Å². The predicted octanol–water partition coefficient (Wildman–Crippen LogP) is 11.2. The van der Waals surface area contributed by atoms with Gasteiger partial charge in [-0.3, -0.25) is 0 Å². The number of rotatable bonds is 4. The van der Waals surface area contributed by atoms with Gasteiger partial charge in [0.25, 0.3) is 0 Å². The lowest BCUT2D eigenvalue weighted by atomic mass is 9.99. The fourth-order valence-corrected chi connectivity index (χ4v) is 7.50. The maximum atomic E-state index is 5.14. The highest BCUT2D eigenvalue weighted by Crippen LogP contribution is 2.41. The third-order valence-corrected chi connectivity index (χ3v) is 9.74. The van der Waals surface area contributed by atoms with Gasteiger partial charge in [0, 0.05) is 42.2 Å². The van der Waals surface area contributed by atoms with Crippen molar-refractivity contribution in [3.05, 3.63) is 152 Å². The molecule has 0 fully saturated rings. The summed E-state index contributed by atoms with van der Waals surface area (Å²) in [7, 11) is 0. The molecule has 0 saturated heterocycles. The van der Waals surface area contributed by atoms with Gasteiger partial charge < -0.3 is 0 Å². The first-order valence-electron chi connectivity index (χ1n) is 15.0. The minimum Gasteiger partial charge on any atom is -0.208 e. The van der Waals surface area contributed by atoms with Gasteiger partial charge in [0.15, 0.2) is 17.5 Å². The SMILES string of the molecule is c1ccc(-c2ccc3ccc(-c4nc(-c5ccccc5)nc(-c5cccc6c5ccc5c7ccccc7sc65)n4)cc3c2)cc1. The second kappa shape index (κ2) is 10.5. The molecule has 2 aromatic heterocycles. The first-order valence-corrected chi connectivity index (χ1v) is 15.8. The zero-order valence-corrected chi connectivity index (χ0v) is 25.0. The maximum absolute atomic E-state index is 5.14. The second-order valence-corrected chi connectivity index (χ2v) is 12.3. The van der Waals surface area contributed by atoms with Gasteiger partial charge in [0.05, 0.1) is 0 Å². The highest BCUT2D eigenvalue weighted by Gasteiger charge is 2.16. The fourth-order valence-electron chi connectivity index (χ4n) is 6.27. The Morgan fingerprint density at radius 3 is 1.78 bits per heavy atom. The standard InChI is InChI=1S/C41H25N3S/c1-3-10-26(11-4-1)29-20-18-27-19-21-30(25-31(27)24-29)40-42-39(28-12-5-2-6-13-28)43-41(44-40)36-16-9-15-34-32(36)22-23-35-33-14-7-8-17-37(33)45-38(34)35/h1-25H. The number of hydrogen-bond donors (Lipinski definition) is 0. The van der Waals surface area contributed by atoms with Crippen LogP contribution in [0.5, 0.6) is 0 Å². The van der Waals surface area contributed by atoms with E-state index in [1.54, 1.807) is 0 Å². The van der Waals surface area contributed by atoms with Crippen LogP contribution < -0.4 is 0 Å². The molecule has 9 rings (SSSR count). The van der Waals surface area contributed by atoms with E-state index in [1.165, 1.54) is 42.1 Å². The molecular weight excluding hydrogens is 567 g/mol. The Bertz CT molecular complexity index is 2540. The first-order chi connectivity index (χ1) is 22.3. The topological polar surface area (TPSA) is 38.7 Å². The van der Waals surface area contributed by atoms with Crippen LogP contribution in [-0.2, 0) is 0 Å². The molecule has 9 aromatic rings. The average molecular weight is 592 g/mol. The molecule has 0 aliphatic rings. The quantitative estimate of drug-likeness (QED) is 0.204. The van der Waals surface area contributed by atoms with E-state index < -0.39 is 0 Å². The average Bonchev–Trinajstić information content (AvgIpc) is 3.51. The van der Waals surface area contributed by atoms with Crippen LogP contribution in [0.15, 0.2) is 152 Å². The van der Waals surface area contributed by atoms with Crippen LogP contribution >= 0.6 is 11.3 Å². The van der Waals surface area contributed by atoms with Crippen molar-refractivity contribution in [1.29, 1.82) is 0 Å². The minimum absolute atomic E-state index is 0.658. The summed E-state index contributed by atoms with van der Waals surface area (Å²) in [6, 6.07) is 53.3.